The minimum absolute atomic E-state index is 0.943. The minimum atomic E-state index is 0.943. The summed E-state index contributed by atoms with van der Waals surface area (Å²) in [4.78, 5) is 14.0. The van der Waals surface area contributed by atoms with E-state index in [1.807, 2.05) is 18.2 Å². The highest BCUT2D eigenvalue weighted by molar-refractivity contribution is 7.14. The topological polar surface area (TPSA) is 45.2 Å². The van der Waals surface area contributed by atoms with Crippen molar-refractivity contribution in [3.8, 4) is 11.3 Å². The van der Waals surface area contributed by atoms with Crippen molar-refractivity contribution >= 4 is 33.3 Å². The first-order valence-electron chi connectivity index (χ1n) is 9.94. The SMILES string of the molecule is Cc1cccc(N2CCN(c3ncnc4c(-c5ccccc5)nsc34)CC2)c1C. The van der Waals surface area contributed by atoms with E-state index in [-0.39, 0.29) is 0 Å². The number of hydrogen-bond donors (Lipinski definition) is 0. The number of benzene rings is 2. The molecule has 146 valence electrons. The molecule has 1 fully saturated rings. The molecule has 0 unspecified atom stereocenters. The standard InChI is InChI=1S/C23H23N5S/c1-16-7-6-10-19(17(16)2)27-11-13-28(14-12-27)23-22-21(24-15-25-23)20(26-29-22)18-8-4-3-5-9-18/h3-10,15H,11-14H2,1-2H3. The fourth-order valence-corrected chi connectivity index (χ4v) is 4.87. The summed E-state index contributed by atoms with van der Waals surface area (Å²) in [5.41, 5.74) is 7.07. The van der Waals surface area contributed by atoms with Gasteiger partial charge in [-0.15, -0.1) is 0 Å². The van der Waals surface area contributed by atoms with E-state index < -0.39 is 0 Å². The van der Waals surface area contributed by atoms with E-state index in [9.17, 15) is 0 Å². The lowest BCUT2D eigenvalue weighted by Crippen LogP contribution is -2.47. The van der Waals surface area contributed by atoms with Crippen LogP contribution in [0.2, 0.25) is 0 Å². The Labute approximate surface area is 174 Å². The van der Waals surface area contributed by atoms with Gasteiger partial charge in [0.1, 0.15) is 22.2 Å². The van der Waals surface area contributed by atoms with Crippen LogP contribution in [0.4, 0.5) is 11.5 Å². The van der Waals surface area contributed by atoms with Crippen molar-refractivity contribution in [1.29, 1.82) is 0 Å². The van der Waals surface area contributed by atoms with Gasteiger partial charge in [-0.25, -0.2) is 9.97 Å². The average molecular weight is 402 g/mol. The summed E-state index contributed by atoms with van der Waals surface area (Å²) < 4.78 is 5.78. The molecule has 5 nitrogen and oxygen atoms in total. The van der Waals surface area contributed by atoms with Crippen LogP contribution in [0, 0.1) is 13.8 Å². The molecule has 0 aliphatic carbocycles. The predicted molar refractivity (Wildman–Crippen MR) is 121 cm³/mol. The van der Waals surface area contributed by atoms with Crippen LogP contribution >= 0.6 is 11.5 Å². The maximum atomic E-state index is 4.71. The van der Waals surface area contributed by atoms with Gasteiger partial charge in [0.25, 0.3) is 0 Å². The van der Waals surface area contributed by atoms with Crippen LogP contribution in [0.15, 0.2) is 54.9 Å². The van der Waals surface area contributed by atoms with Crippen molar-refractivity contribution in [1.82, 2.24) is 14.3 Å². The van der Waals surface area contributed by atoms with Crippen molar-refractivity contribution < 1.29 is 0 Å². The molecule has 0 bridgehead atoms. The Morgan fingerprint density at radius 3 is 2.38 bits per heavy atom. The third kappa shape index (κ3) is 3.23. The molecule has 1 aliphatic rings. The van der Waals surface area contributed by atoms with E-state index in [2.05, 4.69) is 63.9 Å². The zero-order chi connectivity index (χ0) is 19.8. The Morgan fingerprint density at radius 1 is 0.828 bits per heavy atom. The van der Waals surface area contributed by atoms with Crippen LogP contribution in [0.3, 0.4) is 0 Å². The van der Waals surface area contributed by atoms with Crippen LogP contribution in [0.5, 0.6) is 0 Å². The van der Waals surface area contributed by atoms with E-state index in [1.54, 1.807) is 6.33 Å². The molecule has 1 aliphatic heterocycles. The van der Waals surface area contributed by atoms with Crippen molar-refractivity contribution in [3.63, 3.8) is 0 Å². The molecule has 0 amide bonds. The summed E-state index contributed by atoms with van der Waals surface area (Å²) in [6.07, 6.45) is 1.68. The second kappa shape index (κ2) is 7.44. The van der Waals surface area contributed by atoms with E-state index in [0.717, 1.165) is 53.5 Å². The lowest BCUT2D eigenvalue weighted by Gasteiger charge is -2.37. The maximum absolute atomic E-state index is 4.71. The van der Waals surface area contributed by atoms with Crippen molar-refractivity contribution in [2.45, 2.75) is 13.8 Å². The predicted octanol–water partition coefficient (Wildman–Crippen LogP) is 4.70. The Bertz CT molecular complexity index is 1150. The lowest BCUT2D eigenvalue weighted by atomic mass is 10.1. The molecule has 1 saturated heterocycles. The number of nitrogens with zero attached hydrogens (tertiary/aromatic N) is 5. The Balaban J connectivity index is 1.41. The smallest absolute Gasteiger partial charge is 0.151 e. The molecule has 0 radical (unpaired) electrons. The molecule has 29 heavy (non-hydrogen) atoms. The lowest BCUT2D eigenvalue weighted by molar-refractivity contribution is 0.648. The molecule has 0 N–H and O–H groups in total. The third-order valence-electron chi connectivity index (χ3n) is 5.78. The summed E-state index contributed by atoms with van der Waals surface area (Å²) in [6.45, 7) is 8.25. The first-order chi connectivity index (χ1) is 14.2. The number of fused-ring (bicyclic) bond motifs is 1. The quantitative estimate of drug-likeness (QED) is 0.498. The molecule has 0 saturated carbocycles. The largest absolute Gasteiger partial charge is 0.368 e. The van der Waals surface area contributed by atoms with Gasteiger partial charge in [0.15, 0.2) is 5.82 Å². The molecule has 4 aromatic rings. The van der Waals surface area contributed by atoms with Crippen LogP contribution in [-0.4, -0.2) is 40.5 Å². The first-order valence-corrected chi connectivity index (χ1v) is 10.7. The summed E-state index contributed by atoms with van der Waals surface area (Å²) in [5.74, 6) is 1.01. The van der Waals surface area contributed by atoms with Gasteiger partial charge < -0.3 is 9.80 Å². The van der Waals surface area contributed by atoms with Crippen molar-refractivity contribution in [3.05, 3.63) is 66.0 Å². The minimum Gasteiger partial charge on any atom is -0.368 e. The molecule has 5 rings (SSSR count). The number of aromatic nitrogens is 3. The Morgan fingerprint density at radius 2 is 1.59 bits per heavy atom. The van der Waals surface area contributed by atoms with Gasteiger partial charge in [0, 0.05) is 37.4 Å². The summed E-state index contributed by atoms with van der Waals surface area (Å²) in [7, 11) is 0. The van der Waals surface area contributed by atoms with Crippen LogP contribution in [0.1, 0.15) is 11.1 Å². The maximum Gasteiger partial charge on any atom is 0.151 e. The van der Waals surface area contributed by atoms with Crippen LogP contribution < -0.4 is 9.80 Å². The highest BCUT2D eigenvalue weighted by Crippen LogP contribution is 2.34. The zero-order valence-electron chi connectivity index (χ0n) is 16.7. The molecule has 2 aromatic carbocycles. The fraction of sp³-hybridized carbons (Fsp3) is 0.261. The summed E-state index contributed by atoms with van der Waals surface area (Å²) >= 11 is 1.50. The summed E-state index contributed by atoms with van der Waals surface area (Å²) in [6, 6.07) is 16.8. The number of rotatable bonds is 3. The Hall–Kier alpha value is -2.99. The zero-order valence-corrected chi connectivity index (χ0v) is 17.5. The second-order valence-corrected chi connectivity index (χ2v) is 8.24. The average Bonchev–Trinajstić information content (AvgIpc) is 3.21. The van der Waals surface area contributed by atoms with E-state index in [4.69, 9.17) is 4.37 Å². The molecule has 0 spiro atoms. The van der Waals surface area contributed by atoms with E-state index >= 15 is 0 Å². The van der Waals surface area contributed by atoms with Gasteiger partial charge in [-0.3, -0.25) is 0 Å². The van der Waals surface area contributed by atoms with Gasteiger partial charge >= 0.3 is 0 Å². The van der Waals surface area contributed by atoms with Gasteiger partial charge in [-0.05, 0) is 42.6 Å². The van der Waals surface area contributed by atoms with Crippen LogP contribution in [-0.2, 0) is 0 Å². The van der Waals surface area contributed by atoms with E-state index in [0.29, 0.717) is 0 Å². The van der Waals surface area contributed by atoms with Gasteiger partial charge in [-0.1, -0.05) is 42.5 Å². The second-order valence-electron chi connectivity index (χ2n) is 7.47. The Kier molecular flexibility index (Phi) is 4.64. The fourth-order valence-electron chi connectivity index (χ4n) is 4.00. The van der Waals surface area contributed by atoms with Gasteiger partial charge in [0.05, 0.1) is 0 Å². The number of hydrogen-bond acceptors (Lipinski definition) is 6. The molecule has 6 heteroatoms. The normalized spacial score (nSPS) is 14.6. The number of piperazine rings is 1. The number of anilines is 2. The third-order valence-corrected chi connectivity index (χ3v) is 6.61. The highest BCUT2D eigenvalue weighted by Gasteiger charge is 2.23. The number of aryl methyl sites for hydroxylation is 1. The molecule has 0 atom stereocenters. The molecule has 2 aromatic heterocycles. The monoisotopic (exact) mass is 401 g/mol. The molecular formula is C23H23N5S. The van der Waals surface area contributed by atoms with Crippen LogP contribution in [0.25, 0.3) is 21.5 Å². The van der Waals surface area contributed by atoms with Crippen molar-refractivity contribution in [2.75, 3.05) is 36.0 Å². The molecular weight excluding hydrogens is 378 g/mol. The van der Waals surface area contributed by atoms with E-state index in [1.165, 1.54) is 28.3 Å². The van der Waals surface area contributed by atoms with Gasteiger partial charge in [0.2, 0.25) is 0 Å². The van der Waals surface area contributed by atoms with Gasteiger partial charge in [-0.2, -0.15) is 4.37 Å². The molecule has 3 heterocycles. The van der Waals surface area contributed by atoms with Crippen molar-refractivity contribution in [2.24, 2.45) is 0 Å². The highest BCUT2D eigenvalue weighted by atomic mass is 32.1. The summed E-state index contributed by atoms with van der Waals surface area (Å²) in [5, 5.41) is 0. The first kappa shape index (κ1) is 18.1.